The maximum Gasteiger partial charge on any atom is 0.306 e. The first-order valence-electron chi connectivity index (χ1n) is 10.2. The predicted octanol–water partition coefficient (Wildman–Crippen LogP) is 3.17. The van der Waals surface area contributed by atoms with Crippen LogP contribution in [0.4, 0.5) is 14.6 Å². The number of alkyl halides is 2. The van der Waals surface area contributed by atoms with E-state index in [1.807, 2.05) is 0 Å². The standard InChI is InChI=1S/C22H19ClF2N8O/c23-16-7-8-18(33-14-29-31-32-33)15(10-16)12-27-21(34)11-17-4-3-6-20(30-17)28-13-22(24,25)19-5-1-2-9-26-19/h1-10,14H,11-13H2,(H,27,34)(H,28,30). The van der Waals surface area contributed by atoms with Crippen molar-refractivity contribution in [1.82, 2.24) is 35.5 Å². The largest absolute Gasteiger partial charge is 0.364 e. The van der Waals surface area contributed by atoms with Gasteiger partial charge in [-0.25, -0.2) is 9.67 Å². The van der Waals surface area contributed by atoms with Crippen LogP contribution in [0.5, 0.6) is 0 Å². The zero-order chi connectivity index (χ0) is 24.0. The van der Waals surface area contributed by atoms with E-state index in [1.165, 1.54) is 29.3 Å². The van der Waals surface area contributed by atoms with Crippen molar-refractivity contribution in [2.45, 2.75) is 18.9 Å². The molecule has 0 aliphatic heterocycles. The Morgan fingerprint density at radius 3 is 2.76 bits per heavy atom. The van der Waals surface area contributed by atoms with Gasteiger partial charge in [-0.05, 0) is 58.5 Å². The molecule has 34 heavy (non-hydrogen) atoms. The maximum absolute atomic E-state index is 14.3. The third-order valence-corrected chi connectivity index (χ3v) is 5.03. The molecule has 174 valence electrons. The number of rotatable bonds is 9. The number of benzene rings is 1. The van der Waals surface area contributed by atoms with Gasteiger partial charge in [0.25, 0.3) is 0 Å². The SMILES string of the molecule is O=C(Cc1cccc(NCC(F)(F)c2ccccn2)n1)NCc1cc(Cl)ccc1-n1cnnn1. The number of aromatic nitrogens is 6. The van der Waals surface area contributed by atoms with E-state index in [4.69, 9.17) is 11.6 Å². The summed E-state index contributed by atoms with van der Waals surface area (Å²) in [6.45, 7) is -0.496. The number of halogens is 3. The fourth-order valence-electron chi connectivity index (χ4n) is 3.16. The molecule has 2 N–H and O–H groups in total. The summed E-state index contributed by atoms with van der Waals surface area (Å²) in [4.78, 5) is 20.5. The van der Waals surface area contributed by atoms with Gasteiger partial charge in [0.15, 0.2) is 0 Å². The van der Waals surface area contributed by atoms with Crippen LogP contribution in [-0.4, -0.2) is 42.6 Å². The van der Waals surface area contributed by atoms with E-state index in [2.05, 4.69) is 36.1 Å². The number of carbonyl (C=O) groups is 1. The summed E-state index contributed by atoms with van der Waals surface area (Å²) >= 11 is 6.09. The first-order chi connectivity index (χ1) is 16.4. The quantitative estimate of drug-likeness (QED) is 0.375. The number of nitrogens with zero attached hydrogens (tertiary/aromatic N) is 6. The first-order valence-corrected chi connectivity index (χ1v) is 10.6. The van der Waals surface area contributed by atoms with Gasteiger partial charge in [0.2, 0.25) is 5.91 Å². The van der Waals surface area contributed by atoms with Crippen molar-refractivity contribution in [2.24, 2.45) is 0 Å². The third kappa shape index (κ3) is 5.87. The smallest absolute Gasteiger partial charge is 0.306 e. The summed E-state index contributed by atoms with van der Waals surface area (Å²) in [6, 6.07) is 14.3. The van der Waals surface area contributed by atoms with E-state index < -0.39 is 12.5 Å². The van der Waals surface area contributed by atoms with Crippen LogP contribution >= 0.6 is 11.6 Å². The van der Waals surface area contributed by atoms with Gasteiger partial charge >= 0.3 is 5.92 Å². The lowest BCUT2D eigenvalue weighted by atomic mass is 10.1. The van der Waals surface area contributed by atoms with Crippen molar-refractivity contribution >= 4 is 23.3 Å². The molecule has 0 saturated carbocycles. The average molecular weight is 485 g/mol. The van der Waals surface area contributed by atoms with Crippen molar-refractivity contribution in [1.29, 1.82) is 0 Å². The fraction of sp³-hybridized carbons (Fsp3) is 0.182. The number of carbonyl (C=O) groups excluding carboxylic acids is 1. The van der Waals surface area contributed by atoms with E-state index in [0.717, 1.165) is 0 Å². The van der Waals surface area contributed by atoms with Gasteiger partial charge < -0.3 is 10.6 Å². The van der Waals surface area contributed by atoms with Gasteiger partial charge in [-0.1, -0.05) is 23.7 Å². The van der Waals surface area contributed by atoms with Crippen LogP contribution in [0.1, 0.15) is 17.0 Å². The summed E-state index contributed by atoms with van der Waals surface area (Å²) in [5, 5.41) is 17.0. The first kappa shape index (κ1) is 23.2. The van der Waals surface area contributed by atoms with Crippen LogP contribution in [0.3, 0.4) is 0 Å². The van der Waals surface area contributed by atoms with Crippen molar-refractivity contribution in [2.75, 3.05) is 11.9 Å². The molecule has 1 amide bonds. The van der Waals surface area contributed by atoms with Crippen LogP contribution in [0.2, 0.25) is 5.02 Å². The van der Waals surface area contributed by atoms with Crippen molar-refractivity contribution in [3.63, 3.8) is 0 Å². The van der Waals surface area contributed by atoms with Crippen LogP contribution in [0.25, 0.3) is 5.69 Å². The summed E-state index contributed by atoms with van der Waals surface area (Å²) in [5.41, 5.74) is 1.48. The number of nitrogens with one attached hydrogen (secondary N) is 2. The average Bonchev–Trinajstić information content (AvgIpc) is 3.37. The zero-order valence-electron chi connectivity index (χ0n) is 17.7. The summed E-state index contributed by atoms with van der Waals surface area (Å²) in [5.74, 6) is -3.24. The Labute approximate surface area is 198 Å². The molecule has 0 spiro atoms. The van der Waals surface area contributed by atoms with Gasteiger partial charge in [0, 0.05) is 17.8 Å². The van der Waals surface area contributed by atoms with Gasteiger partial charge in [0.1, 0.15) is 17.8 Å². The molecule has 3 heterocycles. The summed E-state index contributed by atoms with van der Waals surface area (Å²) < 4.78 is 30.1. The number of hydrogen-bond donors (Lipinski definition) is 2. The van der Waals surface area contributed by atoms with Gasteiger partial charge in [0.05, 0.1) is 24.3 Å². The molecule has 0 aliphatic rings. The van der Waals surface area contributed by atoms with E-state index in [0.29, 0.717) is 22.0 Å². The van der Waals surface area contributed by atoms with E-state index in [-0.39, 0.29) is 30.4 Å². The monoisotopic (exact) mass is 484 g/mol. The number of amides is 1. The van der Waals surface area contributed by atoms with E-state index >= 15 is 0 Å². The van der Waals surface area contributed by atoms with Crippen molar-refractivity contribution in [3.05, 3.63) is 89.1 Å². The van der Waals surface area contributed by atoms with Gasteiger partial charge in [-0.3, -0.25) is 9.78 Å². The maximum atomic E-state index is 14.3. The zero-order valence-corrected chi connectivity index (χ0v) is 18.5. The normalized spacial score (nSPS) is 11.3. The molecule has 0 fully saturated rings. The molecule has 0 saturated heterocycles. The third-order valence-electron chi connectivity index (χ3n) is 4.79. The molecule has 0 atom stereocenters. The molecule has 9 nitrogen and oxygen atoms in total. The number of anilines is 1. The summed E-state index contributed by atoms with van der Waals surface area (Å²) in [7, 11) is 0. The molecule has 3 aromatic heterocycles. The Bertz CT molecular complexity index is 1260. The summed E-state index contributed by atoms with van der Waals surface area (Å²) in [6.07, 6.45) is 2.72. The van der Waals surface area contributed by atoms with Crippen LogP contribution in [0, 0.1) is 0 Å². The highest BCUT2D eigenvalue weighted by Crippen LogP contribution is 2.26. The van der Waals surface area contributed by atoms with Crippen LogP contribution < -0.4 is 10.6 Å². The van der Waals surface area contributed by atoms with Crippen molar-refractivity contribution in [3.8, 4) is 5.69 Å². The number of pyridine rings is 2. The number of tetrazole rings is 1. The molecule has 0 radical (unpaired) electrons. The lowest BCUT2D eigenvalue weighted by Gasteiger charge is -2.17. The Kier molecular flexibility index (Phi) is 7.02. The molecular formula is C22H19ClF2N8O. The molecule has 1 aromatic carbocycles. The van der Waals surface area contributed by atoms with Gasteiger partial charge in [-0.2, -0.15) is 8.78 Å². The van der Waals surface area contributed by atoms with E-state index in [1.54, 1.807) is 42.5 Å². The second kappa shape index (κ2) is 10.3. The Morgan fingerprint density at radius 1 is 1.12 bits per heavy atom. The predicted molar refractivity (Wildman–Crippen MR) is 121 cm³/mol. The minimum atomic E-state index is -3.18. The Balaban J connectivity index is 1.36. The minimum Gasteiger partial charge on any atom is -0.364 e. The minimum absolute atomic E-state index is 0.0348. The second-order valence-corrected chi connectivity index (χ2v) is 7.70. The molecule has 0 unspecified atom stereocenters. The Morgan fingerprint density at radius 2 is 2.00 bits per heavy atom. The topological polar surface area (TPSA) is 111 Å². The van der Waals surface area contributed by atoms with Crippen LogP contribution in [-0.2, 0) is 23.7 Å². The highest BCUT2D eigenvalue weighted by molar-refractivity contribution is 6.30. The van der Waals surface area contributed by atoms with E-state index in [9.17, 15) is 13.6 Å². The molecular weight excluding hydrogens is 466 g/mol. The molecule has 4 rings (SSSR count). The van der Waals surface area contributed by atoms with Crippen LogP contribution in [0.15, 0.2) is 67.1 Å². The highest BCUT2D eigenvalue weighted by Gasteiger charge is 2.32. The van der Waals surface area contributed by atoms with Crippen molar-refractivity contribution < 1.29 is 13.6 Å². The molecule has 12 heteroatoms. The fourth-order valence-corrected chi connectivity index (χ4v) is 3.35. The lowest BCUT2D eigenvalue weighted by Crippen LogP contribution is -2.27. The Hall–Kier alpha value is -3.99. The van der Waals surface area contributed by atoms with Gasteiger partial charge in [-0.15, -0.1) is 5.10 Å². The molecule has 0 aliphatic carbocycles. The molecule has 4 aromatic rings. The molecule has 0 bridgehead atoms. The second-order valence-electron chi connectivity index (χ2n) is 7.27. The number of hydrogen-bond acceptors (Lipinski definition) is 7. The highest BCUT2D eigenvalue weighted by atomic mass is 35.5. The lowest BCUT2D eigenvalue weighted by molar-refractivity contribution is -0.120.